The number of hydrogen-bond acceptors (Lipinski definition) is 4. The minimum atomic E-state index is 0.0651. The van der Waals surface area contributed by atoms with Crippen molar-refractivity contribution in [3.8, 4) is 5.69 Å². The summed E-state index contributed by atoms with van der Waals surface area (Å²) >= 11 is 1.63. The molecule has 130 valence electrons. The van der Waals surface area contributed by atoms with Gasteiger partial charge in [-0.15, -0.1) is 11.3 Å². The third kappa shape index (κ3) is 2.81. The SMILES string of the molecule is Cc1ccccc1-n1c(CN2CCCC2)nc2sc(C)c(C)c2c1=O. The van der Waals surface area contributed by atoms with E-state index in [1.807, 2.05) is 29.7 Å². The zero-order valence-corrected chi connectivity index (χ0v) is 15.8. The second-order valence-electron chi connectivity index (χ2n) is 6.90. The monoisotopic (exact) mass is 353 g/mol. The first-order valence-electron chi connectivity index (χ1n) is 8.86. The Hall–Kier alpha value is -1.98. The van der Waals surface area contributed by atoms with Gasteiger partial charge >= 0.3 is 0 Å². The molecule has 0 atom stereocenters. The van der Waals surface area contributed by atoms with Crippen LogP contribution in [0.15, 0.2) is 29.1 Å². The first-order chi connectivity index (χ1) is 12.1. The van der Waals surface area contributed by atoms with Crippen molar-refractivity contribution >= 4 is 21.6 Å². The molecular weight excluding hydrogens is 330 g/mol. The Bertz CT molecular complexity index is 996. The van der Waals surface area contributed by atoms with Gasteiger partial charge < -0.3 is 0 Å². The molecule has 3 aromatic rings. The summed E-state index contributed by atoms with van der Waals surface area (Å²) in [5.41, 5.74) is 3.17. The Morgan fingerprint density at radius 3 is 2.56 bits per heavy atom. The number of nitrogens with zero attached hydrogens (tertiary/aromatic N) is 3. The molecule has 1 aliphatic rings. The molecule has 0 radical (unpaired) electrons. The van der Waals surface area contributed by atoms with E-state index in [0.717, 1.165) is 52.5 Å². The average molecular weight is 353 g/mol. The molecule has 0 unspecified atom stereocenters. The maximum Gasteiger partial charge on any atom is 0.267 e. The second kappa shape index (κ2) is 6.39. The van der Waals surface area contributed by atoms with Gasteiger partial charge in [0.2, 0.25) is 0 Å². The van der Waals surface area contributed by atoms with Crippen molar-refractivity contribution in [3.63, 3.8) is 0 Å². The molecule has 1 aromatic carbocycles. The fourth-order valence-electron chi connectivity index (χ4n) is 3.65. The molecule has 0 N–H and O–H groups in total. The van der Waals surface area contributed by atoms with Crippen LogP contribution < -0.4 is 5.56 Å². The molecular formula is C20H23N3OS. The molecule has 0 bridgehead atoms. The van der Waals surface area contributed by atoms with Crippen LogP contribution in [0.1, 0.15) is 34.7 Å². The van der Waals surface area contributed by atoms with E-state index >= 15 is 0 Å². The van der Waals surface area contributed by atoms with Crippen molar-refractivity contribution in [1.82, 2.24) is 14.5 Å². The molecule has 0 amide bonds. The molecule has 0 spiro atoms. The van der Waals surface area contributed by atoms with Gasteiger partial charge in [0.05, 0.1) is 17.6 Å². The standard InChI is InChI=1S/C20H23N3OS/c1-13-8-4-5-9-16(13)23-17(12-22-10-6-7-11-22)21-19-18(20(23)24)14(2)15(3)25-19/h4-5,8-9H,6-7,10-12H2,1-3H3. The zero-order chi connectivity index (χ0) is 17.6. The first kappa shape index (κ1) is 16.5. The number of benzene rings is 1. The third-order valence-corrected chi connectivity index (χ3v) is 6.29. The van der Waals surface area contributed by atoms with Crippen LogP contribution in [0, 0.1) is 20.8 Å². The number of rotatable bonds is 3. The van der Waals surface area contributed by atoms with Crippen LogP contribution in [-0.2, 0) is 6.54 Å². The Morgan fingerprint density at radius 2 is 1.84 bits per heavy atom. The summed E-state index contributed by atoms with van der Waals surface area (Å²) in [5.74, 6) is 0.856. The number of aromatic nitrogens is 2. The quantitative estimate of drug-likeness (QED) is 0.715. The van der Waals surface area contributed by atoms with Gasteiger partial charge in [0.25, 0.3) is 5.56 Å². The minimum Gasteiger partial charge on any atom is -0.296 e. The molecule has 1 fully saturated rings. The molecule has 0 aliphatic carbocycles. The second-order valence-corrected chi connectivity index (χ2v) is 8.10. The topological polar surface area (TPSA) is 38.1 Å². The summed E-state index contributed by atoms with van der Waals surface area (Å²) in [4.78, 5) is 22.8. The number of aryl methyl sites for hydroxylation is 3. The number of fused-ring (bicyclic) bond motifs is 1. The van der Waals surface area contributed by atoms with Crippen molar-refractivity contribution in [2.45, 2.75) is 40.2 Å². The van der Waals surface area contributed by atoms with Gasteiger partial charge in [0, 0.05) is 4.88 Å². The third-order valence-electron chi connectivity index (χ3n) is 5.19. The molecule has 5 heteroatoms. The van der Waals surface area contributed by atoms with Crippen LogP contribution in [0.3, 0.4) is 0 Å². The van der Waals surface area contributed by atoms with Gasteiger partial charge in [0.15, 0.2) is 0 Å². The highest BCUT2D eigenvalue weighted by molar-refractivity contribution is 7.18. The van der Waals surface area contributed by atoms with Crippen molar-refractivity contribution in [2.24, 2.45) is 0 Å². The lowest BCUT2D eigenvalue weighted by Gasteiger charge is -2.19. The normalized spacial score (nSPS) is 15.3. The summed E-state index contributed by atoms with van der Waals surface area (Å²) in [5, 5.41) is 0.774. The number of likely N-dealkylation sites (tertiary alicyclic amines) is 1. The van der Waals surface area contributed by atoms with E-state index in [-0.39, 0.29) is 5.56 Å². The van der Waals surface area contributed by atoms with Gasteiger partial charge in [-0.2, -0.15) is 0 Å². The zero-order valence-electron chi connectivity index (χ0n) is 15.0. The molecule has 1 saturated heterocycles. The summed E-state index contributed by atoms with van der Waals surface area (Å²) in [7, 11) is 0. The fraction of sp³-hybridized carbons (Fsp3) is 0.400. The largest absolute Gasteiger partial charge is 0.296 e. The van der Waals surface area contributed by atoms with Gasteiger partial charge in [-0.1, -0.05) is 18.2 Å². The van der Waals surface area contributed by atoms with Gasteiger partial charge in [-0.05, 0) is 63.9 Å². The van der Waals surface area contributed by atoms with Gasteiger partial charge in [0.1, 0.15) is 10.7 Å². The first-order valence-corrected chi connectivity index (χ1v) is 9.68. The number of thiophene rings is 1. The molecule has 0 saturated carbocycles. The van der Waals surface area contributed by atoms with E-state index in [1.54, 1.807) is 11.3 Å². The van der Waals surface area contributed by atoms with Crippen LogP contribution in [0.2, 0.25) is 0 Å². The van der Waals surface area contributed by atoms with E-state index in [0.29, 0.717) is 0 Å². The van der Waals surface area contributed by atoms with Crippen LogP contribution in [0.5, 0.6) is 0 Å². The van der Waals surface area contributed by atoms with E-state index in [1.165, 1.54) is 17.7 Å². The summed E-state index contributed by atoms with van der Waals surface area (Å²) < 4.78 is 1.84. The predicted molar refractivity (Wildman–Crippen MR) is 104 cm³/mol. The summed E-state index contributed by atoms with van der Waals surface area (Å²) in [6.45, 7) is 9.06. The molecule has 2 aromatic heterocycles. The molecule has 25 heavy (non-hydrogen) atoms. The molecule has 3 heterocycles. The van der Waals surface area contributed by atoms with Gasteiger partial charge in [-0.3, -0.25) is 14.3 Å². The molecule has 4 nitrogen and oxygen atoms in total. The van der Waals surface area contributed by atoms with E-state index in [4.69, 9.17) is 4.98 Å². The molecule has 4 rings (SSSR count). The van der Waals surface area contributed by atoms with Crippen LogP contribution in [0.25, 0.3) is 15.9 Å². The lowest BCUT2D eigenvalue weighted by Crippen LogP contribution is -2.29. The van der Waals surface area contributed by atoms with Crippen LogP contribution in [0.4, 0.5) is 0 Å². The Balaban J connectivity index is 1.99. The Kier molecular flexibility index (Phi) is 4.21. The highest BCUT2D eigenvalue weighted by Crippen LogP contribution is 2.28. The fourth-order valence-corrected chi connectivity index (χ4v) is 4.68. The number of para-hydroxylation sites is 1. The maximum atomic E-state index is 13.4. The summed E-state index contributed by atoms with van der Waals surface area (Å²) in [6.07, 6.45) is 2.46. The Morgan fingerprint density at radius 1 is 1.12 bits per heavy atom. The van der Waals surface area contributed by atoms with Crippen molar-refractivity contribution in [3.05, 3.63) is 56.4 Å². The minimum absolute atomic E-state index is 0.0651. The average Bonchev–Trinajstić information content (AvgIpc) is 3.18. The number of hydrogen-bond donors (Lipinski definition) is 0. The van der Waals surface area contributed by atoms with Crippen molar-refractivity contribution in [1.29, 1.82) is 0 Å². The lowest BCUT2D eigenvalue weighted by atomic mass is 10.1. The predicted octanol–water partition coefficient (Wildman–Crippen LogP) is 3.97. The highest BCUT2D eigenvalue weighted by Gasteiger charge is 2.21. The van der Waals surface area contributed by atoms with E-state index in [2.05, 4.69) is 24.8 Å². The smallest absolute Gasteiger partial charge is 0.267 e. The maximum absolute atomic E-state index is 13.4. The van der Waals surface area contributed by atoms with Crippen molar-refractivity contribution in [2.75, 3.05) is 13.1 Å². The van der Waals surface area contributed by atoms with E-state index < -0.39 is 0 Å². The highest BCUT2D eigenvalue weighted by atomic mass is 32.1. The Labute approximate surface area is 151 Å². The summed E-state index contributed by atoms with van der Waals surface area (Å²) in [6, 6.07) is 8.07. The van der Waals surface area contributed by atoms with E-state index in [9.17, 15) is 4.79 Å². The van der Waals surface area contributed by atoms with Crippen molar-refractivity contribution < 1.29 is 0 Å². The van der Waals surface area contributed by atoms with Gasteiger partial charge in [-0.25, -0.2) is 4.98 Å². The van der Waals surface area contributed by atoms with Crippen LogP contribution in [-0.4, -0.2) is 27.5 Å². The van der Waals surface area contributed by atoms with Crippen LogP contribution >= 0.6 is 11.3 Å². The molecule has 1 aliphatic heterocycles. The lowest BCUT2D eigenvalue weighted by molar-refractivity contribution is 0.319.